The summed E-state index contributed by atoms with van der Waals surface area (Å²) in [6, 6.07) is 14.5. The van der Waals surface area contributed by atoms with E-state index in [1.807, 2.05) is 30.3 Å². The molecule has 0 aliphatic heterocycles. The molecule has 0 unspecified atom stereocenters. The molecule has 0 bridgehead atoms. The Morgan fingerprint density at radius 3 is 2.62 bits per heavy atom. The number of amides is 1. The molecule has 29 heavy (non-hydrogen) atoms. The molecule has 0 radical (unpaired) electrons. The SMILES string of the molecule is COc1cc2c(-c3ccccn3)cc(-c3ccc[nH]c3=O)nc2cc1NC(C)=O. The number of H-pyrrole nitrogens is 1. The van der Waals surface area contributed by atoms with Gasteiger partial charge in [-0.3, -0.25) is 14.6 Å². The number of nitrogens with zero attached hydrogens (tertiary/aromatic N) is 2. The van der Waals surface area contributed by atoms with Gasteiger partial charge in [-0.05, 0) is 42.5 Å². The Balaban J connectivity index is 2.05. The summed E-state index contributed by atoms with van der Waals surface area (Å²) in [5.74, 6) is 0.292. The zero-order chi connectivity index (χ0) is 20.4. The quantitative estimate of drug-likeness (QED) is 0.558. The third-order valence-electron chi connectivity index (χ3n) is 4.48. The number of nitrogens with one attached hydrogen (secondary N) is 2. The summed E-state index contributed by atoms with van der Waals surface area (Å²) in [6.07, 6.45) is 3.28. The number of benzene rings is 1. The zero-order valence-corrected chi connectivity index (χ0v) is 15.9. The highest BCUT2D eigenvalue weighted by atomic mass is 16.5. The van der Waals surface area contributed by atoms with Crippen LogP contribution in [0.2, 0.25) is 0 Å². The summed E-state index contributed by atoms with van der Waals surface area (Å²) in [4.78, 5) is 35.7. The fourth-order valence-corrected chi connectivity index (χ4v) is 3.20. The van der Waals surface area contributed by atoms with Crippen molar-refractivity contribution in [3.05, 3.63) is 71.3 Å². The van der Waals surface area contributed by atoms with Gasteiger partial charge in [-0.1, -0.05) is 6.07 Å². The van der Waals surface area contributed by atoms with Crippen LogP contribution in [-0.2, 0) is 4.79 Å². The summed E-state index contributed by atoms with van der Waals surface area (Å²) in [6.45, 7) is 1.43. The molecule has 1 aromatic carbocycles. The van der Waals surface area contributed by atoms with E-state index in [2.05, 4.69) is 20.3 Å². The van der Waals surface area contributed by atoms with Gasteiger partial charge in [-0.25, -0.2) is 4.98 Å². The zero-order valence-electron chi connectivity index (χ0n) is 15.9. The van der Waals surface area contributed by atoms with Crippen LogP contribution in [0.5, 0.6) is 5.75 Å². The van der Waals surface area contributed by atoms with E-state index in [9.17, 15) is 9.59 Å². The van der Waals surface area contributed by atoms with Crippen LogP contribution in [0.15, 0.2) is 65.7 Å². The fraction of sp³-hybridized carbons (Fsp3) is 0.0909. The summed E-state index contributed by atoms with van der Waals surface area (Å²) in [5, 5.41) is 3.56. The Hall–Kier alpha value is -4.00. The van der Waals surface area contributed by atoms with Gasteiger partial charge < -0.3 is 15.0 Å². The average Bonchev–Trinajstić information content (AvgIpc) is 2.73. The van der Waals surface area contributed by atoms with Crippen molar-refractivity contribution in [2.75, 3.05) is 12.4 Å². The van der Waals surface area contributed by atoms with Crippen molar-refractivity contribution in [2.45, 2.75) is 6.92 Å². The molecule has 0 aliphatic carbocycles. The molecule has 4 aromatic rings. The third-order valence-corrected chi connectivity index (χ3v) is 4.48. The normalized spacial score (nSPS) is 10.7. The first kappa shape index (κ1) is 18.4. The van der Waals surface area contributed by atoms with Crippen LogP contribution in [0.4, 0.5) is 5.69 Å². The highest BCUT2D eigenvalue weighted by Crippen LogP contribution is 2.36. The number of pyridine rings is 3. The number of methoxy groups -OCH3 is 1. The van der Waals surface area contributed by atoms with Crippen LogP contribution < -0.4 is 15.6 Å². The Kier molecular flexibility index (Phi) is 4.78. The van der Waals surface area contributed by atoms with Crippen molar-refractivity contribution in [2.24, 2.45) is 0 Å². The molecular weight excluding hydrogens is 368 g/mol. The second-order valence-corrected chi connectivity index (χ2v) is 6.43. The van der Waals surface area contributed by atoms with Crippen molar-refractivity contribution in [1.82, 2.24) is 15.0 Å². The first-order valence-electron chi connectivity index (χ1n) is 8.96. The molecule has 3 aromatic heterocycles. The maximum atomic E-state index is 12.3. The number of rotatable bonds is 4. The molecule has 3 heterocycles. The van der Waals surface area contributed by atoms with E-state index < -0.39 is 0 Å². The molecule has 0 saturated carbocycles. The van der Waals surface area contributed by atoms with E-state index in [4.69, 9.17) is 4.74 Å². The van der Waals surface area contributed by atoms with Crippen molar-refractivity contribution in [3.63, 3.8) is 0 Å². The standard InChI is InChI=1S/C22H18N4O3/c1-13(27)25-20-12-19-16(11-21(20)29-2)15(17-7-3-4-8-23-17)10-18(26-19)14-6-5-9-24-22(14)28/h3-12H,1-2H3,(H,24,28)(H,25,27). The number of ether oxygens (including phenoxy) is 1. The van der Waals surface area contributed by atoms with Crippen LogP contribution in [0.25, 0.3) is 33.4 Å². The minimum Gasteiger partial charge on any atom is -0.495 e. The van der Waals surface area contributed by atoms with Crippen molar-refractivity contribution in [1.29, 1.82) is 0 Å². The number of anilines is 1. The summed E-state index contributed by atoms with van der Waals surface area (Å²) in [5.41, 5.74) is 3.38. The topological polar surface area (TPSA) is 97.0 Å². The molecule has 0 fully saturated rings. The van der Waals surface area contributed by atoms with E-state index in [1.165, 1.54) is 14.0 Å². The number of hydrogen-bond acceptors (Lipinski definition) is 5. The first-order valence-corrected chi connectivity index (χ1v) is 8.96. The number of hydrogen-bond donors (Lipinski definition) is 2. The summed E-state index contributed by atoms with van der Waals surface area (Å²) >= 11 is 0. The Morgan fingerprint density at radius 1 is 1.07 bits per heavy atom. The highest BCUT2D eigenvalue weighted by Gasteiger charge is 2.16. The number of aromatic amines is 1. The van der Waals surface area contributed by atoms with E-state index in [-0.39, 0.29) is 11.5 Å². The van der Waals surface area contributed by atoms with Gasteiger partial charge in [0.15, 0.2) is 0 Å². The second kappa shape index (κ2) is 7.55. The minimum absolute atomic E-state index is 0.219. The maximum Gasteiger partial charge on any atom is 0.257 e. The first-order chi connectivity index (χ1) is 14.1. The monoisotopic (exact) mass is 386 g/mol. The smallest absolute Gasteiger partial charge is 0.257 e. The van der Waals surface area contributed by atoms with E-state index >= 15 is 0 Å². The van der Waals surface area contributed by atoms with Crippen LogP contribution in [0.3, 0.4) is 0 Å². The lowest BCUT2D eigenvalue weighted by atomic mass is 10.0. The van der Waals surface area contributed by atoms with Crippen molar-refractivity contribution in [3.8, 4) is 28.3 Å². The van der Waals surface area contributed by atoms with Crippen LogP contribution in [-0.4, -0.2) is 28.0 Å². The molecule has 7 nitrogen and oxygen atoms in total. The van der Waals surface area contributed by atoms with Gasteiger partial charge in [0, 0.05) is 30.3 Å². The van der Waals surface area contributed by atoms with Gasteiger partial charge in [-0.2, -0.15) is 0 Å². The molecule has 7 heteroatoms. The van der Waals surface area contributed by atoms with E-state index in [1.54, 1.807) is 30.6 Å². The van der Waals surface area contributed by atoms with Gasteiger partial charge in [0.2, 0.25) is 5.91 Å². The molecule has 0 aliphatic rings. The van der Waals surface area contributed by atoms with Crippen molar-refractivity contribution < 1.29 is 9.53 Å². The molecule has 4 rings (SSSR count). The molecular formula is C22H18N4O3. The summed E-state index contributed by atoms with van der Waals surface area (Å²) < 4.78 is 5.46. The molecule has 0 atom stereocenters. The second-order valence-electron chi connectivity index (χ2n) is 6.43. The molecule has 2 N–H and O–H groups in total. The fourth-order valence-electron chi connectivity index (χ4n) is 3.20. The molecule has 1 amide bonds. The lowest BCUT2D eigenvalue weighted by Gasteiger charge is -2.14. The van der Waals surface area contributed by atoms with Gasteiger partial charge in [0.05, 0.1) is 35.3 Å². The van der Waals surface area contributed by atoms with E-state index in [0.29, 0.717) is 28.2 Å². The van der Waals surface area contributed by atoms with E-state index in [0.717, 1.165) is 16.6 Å². The highest BCUT2D eigenvalue weighted by molar-refractivity contribution is 6.01. The molecule has 0 spiro atoms. The van der Waals surface area contributed by atoms with Crippen LogP contribution in [0.1, 0.15) is 6.92 Å². The number of carbonyl (C=O) groups excluding carboxylic acids is 1. The average molecular weight is 386 g/mol. The third kappa shape index (κ3) is 3.58. The van der Waals surface area contributed by atoms with Crippen LogP contribution >= 0.6 is 0 Å². The molecule has 0 saturated heterocycles. The predicted molar refractivity (Wildman–Crippen MR) is 112 cm³/mol. The predicted octanol–water partition coefficient (Wildman–Crippen LogP) is 3.62. The Morgan fingerprint density at radius 2 is 1.93 bits per heavy atom. The van der Waals surface area contributed by atoms with Gasteiger partial charge in [0.1, 0.15) is 5.75 Å². The minimum atomic E-state index is -0.234. The Labute approximate surface area is 166 Å². The molecule has 144 valence electrons. The largest absolute Gasteiger partial charge is 0.495 e. The van der Waals surface area contributed by atoms with Crippen LogP contribution in [0, 0.1) is 0 Å². The number of carbonyl (C=O) groups is 1. The van der Waals surface area contributed by atoms with Gasteiger partial charge in [0.25, 0.3) is 5.56 Å². The van der Waals surface area contributed by atoms with Gasteiger partial charge >= 0.3 is 0 Å². The van der Waals surface area contributed by atoms with Crippen molar-refractivity contribution >= 4 is 22.5 Å². The Bertz CT molecular complexity index is 1270. The lowest BCUT2D eigenvalue weighted by molar-refractivity contribution is -0.114. The summed E-state index contributed by atoms with van der Waals surface area (Å²) in [7, 11) is 1.54. The number of aromatic nitrogens is 3. The number of fused-ring (bicyclic) bond motifs is 1. The maximum absolute atomic E-state index is 12.3. The van der Waals surface area contributed by atoms with Gasteiger partial charge in [-0.15, -0.1) is 0 Å². The lowest BCUT2D eigenvalue weighted by Crippen LogP contribution is -2.09.